The Kier molecular flexibility index (Phi) is 2.80. The van der Waals surface area contributed by atoms with E-state index in [1.165, 1.54) is 19.1 Å². The number of hydrogen-bond acceptors (Lipinski definition) is 3. The summed E-state index contributed by atoms with van der Waals surface area (Å²) in [6, 6.07) is 10.9. The molecule has 0 saturated heterocycles. The highest BCUT2D eigenvalue weighted by Crippen LogP contribution is 2.32. The second-order valence-corrected chi connectivity index (χ2v) is 4.67. The molecule has 102 valence electrons. The molecule has 4 nitrogen and oxygen atoms in total. The van der Waals surface area contributed by atoms with Crippen molar-refractivity contribution in [3.05, 3.63) is 64.5 Å². The summed E-state index contributed by atoms with van der Waals surface area (Å²) in [7, 11) is 0. The lowest BCUT2D eigenvalue weighted by molar-refractivity contribution is 0.0926. The average molecular weight is 280 g/mol. The standard InChI is InChI=1S/C16H9FN2O2/c1-9-13(7-6-10(8-18)14(9)17)19-15(20)11-4-2-3-5-12(11)16(19)21/h2-7H,1H3. The van der Waals surface area contributed by atoms with E-state index < -0.39 is 17.6 Å². The molecule has 0 radical (unpaired) electrons. The van der Waals surface area contributed by atoms with Gasteiger partial charge in [-0.25, -0.2) is 9.29 Å². The molecule has 0 spiro atoms. The molecule has 0 saturated carbocycles. The summed E-state index contributed by atoms with van der Waals surface area (Å²) < 4.78 is 14.0. The Morgan fingerprint density at radius 1 is 1.05 bits per heavy atom. The van der Waals surface area contributed by atoms with E-state index in [-0.39, 0.29) is 16.8 Å². The van der Waals surface area contributed by atoms with E-state index in [2.05, 4.69) is 0 Å². The number of anilines is 1. The first kappa shape index (κ1) is 13.0. The number of nitriles is 1. The van der Waals surface area contributed by atoms with Crippen LogP contribution in [0.15, 0.2) is 36.4 Å². The third-order valence-corrected chi connectivity index (χ3v) is 3.51. The van der Waals surface area contributed by atoms with E-state index in [1.54, 1.807) is 30.3 Å². The topological polar surface area (TPSA) is 61.2 Å². The molecule has 2 aromatic rings. The molecule has 0 aliphatic carbocycles. The van der Waals surface area contributed by atoms with Crippen LogP contribution >= 0.6 is 0 Å². The van der Waals surface area contributed by atoms with Gasteiger partial charge in [-0.05, 0) is 31.2 Å². The van der Waals surface area contributed by atoms with Crippen molar-refractivity contribution in [1.29, 1.82) is 5.26 Å². The first-order valence-electron chi connectivity index (χ1n) is 6.23. The van der Waals surface area contributed by atoms with E-state index >= 15 is 0 Å². The fraction of sp³-hybridized carbons (Fsp3) is 0.0625. The molecule has 0 atom stereocenters. The Labute approximate surface area is 120 Å². The summed E-state index contributed by atoms with van der Waals surface area (Å²) in [5, 5.41) is 8.81. The lowest BCUT2D eigenvalue weighted by Gasteiger charge is -2.17. The Bertz CT molecular complexity index is 802. The Hall–Kier alpha value is -3.00. The van der Waals surface area contributed by atoms with Crippen molar-refractivity contribution in [3.8, 4) is 6.07 Å². The van der Waals surface area contributed by atoms with Crippen LogP contribution in [0.5, 0.6) is 0 Å². The van der Waals surface area contributed by atoms with Gasteiger partial charge in [-0.15, -0.1) is 0 Å². The zero-order valence-corrected chi connectivity index (χ0v) is 11.1. The minimum atomic E-state index is -0.716. The minimum absolute atomic E-state index is 0.101. The van der Waals surface area contributed by atoms with Crippen molar-refractivity contribution in [2.75, 3.05) is 4.90 Å². The largest absolute Gasteiger partial charge is 0.268 e. The van der Waals surface area contributed by atoms with Gasteiger partial charge in [0.2, 0.25) is 0 Å². The molecule has 0 N–H and O–H groups in total. The Morgan fingerprint density at radius 2 is 1.62 bits per heavy atom. The van der Waals surface area contributed by atoms with Crippen LogP contribution in [0, 0.1) is 24.1 Å². The predicted molar refractivity (Wildman–Crippen MR) is 73.4 cm³/mol. The number of halogens is 1. The molecule has 2 amide bonds. The van der Waals surface area contributed by atoms with Crippen LogP contribution in [-0.2, 0) is 0 Å². The van der Waals surface area contributed by atoms with Crippen LogP contribution in [-0.4, -0.2) is 11.8 Å². The van der Waals surface area contributed by atoms with Gasteiger partial charge in [0.15, 0.2) is 0 Å². The quantitative estimate of drug-likeness (QED) is 0.755. The lowest BCUT2D eigenvalue weighted by atomic mass is 10.1. The number of fused-ring (bicyclic) bond motifs is 1. The third-order valence-electron chi connectivity index (χ3n) is 3.51. The summed E-state index contributed by atoms with van der Waals surface area (Å²) in [5.41, 5.74) is 0.743. The molecule has 2 aromatic carbocycles. The minimum Gasteiger partial charge on any atom is -0.268 e. The number of hydrogen-bond donors (Lipinski definition) is 0. The molecule has 5 heteroatoms. The van der Waals surface area contributed by atoms with E-state index in [9.17, 15) is 14.0 Å². The second kappa shape index (κ2) is 4.53. The molecule has 1 aliphatic rings. The molecule has 1 heterocycles. The number of nitrogens with zero attached hydrogens (tertiary/aromatic N) is 2. The van der Waals surface area contributed by atoms with Crippen molar-refractivity contribution in [1.82, 2.24) is 0 Å². The van der Waals surface area contributed by atoms with E-state index in [4.69, 9.17) is 5.26 Å². The molecule has 21 heavy (non-hydrogen) atoms. The summed E-state index contributed by atoms with van der Waals surface area (Å²) in [6.07, 6.45) is 0. The van der Waals surface area contributed by atoms with Gasteiger partial charge >= 0.3 is 0 Å². The SMILES string of the molecule is Cc1c(N2C(=O)c3ccccc3C2=O)ccc(C#N)c1F. The van der Waals surface area contributed by atoms with Crippen molar-refractivity contribution in [2.45, 2.75) is 6.92 Å². The summed E-state index contributed by atoms with van der Waals surface area (Å²) in [6.45, 7) is 1.44. The van der Waals surface area contributed by atoms with Gasteiger partial charge in [-0.1, -0.05) is 12.1 Å². The van der Waals surface area contributed by atoms with Crippen LogP contribution in [0.1, 0.15) is 31.8 Å². The predicted octanol–water partition coefficient (Wildman–Crippen LogP) is 2.81. The molecule has 0 aromatic heterocycles. The average Bonchev–Trinajstić information content (AvgIpc) is 2.75. The number of carbonyl (C=O) groups is 2. The number of rotatable bonds is 1. The maximum Gasteiger partial charge on any atom is 0.266 e. The van der Waals surface area contributed by atoms with Gasteiger partial charge in [0.05, 0.1) is 22.4 Å². The van der Waals surface area contributed by atoms with Crippen LogP contribution in [0.3, 0.4) is 0 Å². The molecule has 1 aliphatic heterocycles. The number of imide groups is 1. The molecule has 3 rings (SSSR count). The smallest absolute Gasteiger partial charge is 0.266 e. The van der Waals surface area contributed by atoms with Crippen molar-refractivity contribution < 1.29 is 14.0 Å². The van der Waals surface area contributed by atoms with Crippen LogP contribution in [0.25, 0.3) is 0 Å². The molecular weight excluding hydrogens is 271 g/mol. The van der Waals surface area contributed by atoms with Crippen LogP contribution < -0.4 is 4.90 Å². The van der Waals surface area contributed by atoms with Crippen LogP contribution in [0.2, 0.25) is 0 Å². The summed E-state index contributed by atoms with van der Waals surface area (Å²) >= 11 is 0. The monoisotopic (exact) mass is 280 g/mol. The maximum atomic E-state index is 14.0. The second-order valence-electron chi connectivity index (χ2n) is 4.67. The van der Waals surface area contributed by atoms with Gasteiger partial charge in [0.25, 0.3) is 11.8 Å². The first-order valence-corrected chi connectivity index (χ1v) is 6.23. The molecule has 0 bridgehead atoms. The van der Waals surface area contributed by atoms with Gasteiger partial charge in [0, 0.05) is 5.56 Å². The lowest BCUT2D eigenvalue weighted by Crippen LogP contribution is -2.30. The fourth-order valence-electron chi connectivity index (χ4n) is 2.41. The Balaban J connectivity index is 2.17. The highest BCUT2D eigenvalue weighted by Gasteiger charge is 2.37. The van der Waals surface area contributed by atoms with Gasteiger partial charge < -0.3 is 0 Å². The van der Waals surface area contributed by atoms with Crippen molar-refractivity contribution in [2.24, 2.45) is 0 Å². The normalized spacial score (nSPS) is 13.3. The van der Waals surface area contributed by atoms with Gasteiger partial charge in [-0.2, -0.15) is 5.26 Å². The molecule has 0 fully saturated rings. The summed E-state index contributed by atoms with van der Waals surface area (Å²) in [4.78, 5) is 25.6. The van der Waals surface area contributed by atoms with E-state index in [0.29, 0.717) is 11.1 Å². The zero-order valence-electron chi connectivity index (χ0n) is 11.1. The Morgan fingerprint density at radius 3 is 2.14 bits per heavy atom. The fourth-order valence-corrected chi connectivity index (χ4v) is 2.41. The number of carbonyl (C=O) groups excluding carboxylic acids is 2. The van der Waals surface area contributed by atoms with Gasteiger partial charge in [-0.3, -0.25) is 9.59 Å². The van der Waals surface area contributed by atoms with E-state index in [0.717, 1.165) is 4.90 Å². The van der Waals surface area contributed by atoms with Crippen molar-refractivity contribution >= 4 is 17.5 Å². The van der Waals surface area contributed by atoms with E-state index in [1.807, 2.05) is 0 Å². The highest BCUT2D eigenvalue weighted by molar-refractivity contribution is 6.34. The first-order chi connectivity index (χ1) is 10.1. The third kappa shape index (κ3) is 1.73. The number of benzene rings is 2. The van der Waals surface area contributed by atoms with Crippen molar-refractivity contribution in [3.63, 3.8) is 0 Å². The zero-order chi connectivity index (χ0) is 15.1. The highest BCUT2D eigenvalue weighted by atomic mass is 19.1. The molecular formula is C16H9FN2O2. The summed E-state index contributed by atoms with van der Waals surface area (Å²) in [5.74, 6) is -1.68. The number of amides is 2. The van der Waals surface area contributed by atoms with Crippen LogP contribution in [0.4, 0.5) is 10.1 Å². The van der Waals surface area contributed by atoms with Gasteiger partial charge in [0.1, 0.15) is 11.9 Å². The maximum absolute atomic E-state index is 14.0. The molecule has 0 unspecified atom stereocenters.